The first-order valence-corrected chi connectivity index (χ1v) is 11.7. The normalized spacial score (nSPS) is 14.3. The van der Waals surface area contributed by atoms with Gasteiger partial charge in [0, 0.05) is 41.9 Å². The van der Waals surface area contributed by atoms with Gasteiger partial charge in [0.1, 0.15) is 11.4 Å². The molecule has 1 aromatic heterocycles. The van der Waals surface area contributed by atoms with E-state index in [1.54, 1.807) is 12.1 Å². The lowest BCUT2D eigenvalue weighted by atomic mass is 9.97. The minimum atomic E-state index is -4.61. The van der Waals surface area contributed by atoms with Gasteiger partial charge in [-0.2, -0.15) is 18.2 Å². The van der Waals surface area contributed by atoms with Crippen LogP contribution in [-0.4, -0.2) is 16.5 Å². The maximum atomic E-state index is 13.7. The fraction of sp³-hybridized carbons (Fsp3) is 0.308. The van der Waals surface area contributed by atoms with Crippen LogP contribution in [0.5, 0.6) is 0 Å². The fourth-order valence-corrected chi connectivity index (χ4v) is 4.28. The lowest BCUT2D eigenvalue weighted by molar-refractivity contribution is -0.137. The van der Waals surface area contributed by atoms with Crippen LogP contribution in [0, 0.1) is 6.92 Å². The molecule has 0 fully saturated rings. The molecule has 35 heavy (non-hydrogen) atoms. The number of hydrogen-bond acceptors (Lipinski definition) is 6. The fourth-order valence-electron chi connectivity index (χ4n) is 4.28. The van der Waals surface area contributed by atoms with Gasteiger partial charge in [-0.05, 0) is 54.3 Å². The maximum Gasteiger partial charge on any atom is 0.421 e. The maximum absolute atomic E-state index is 13.7. The molecule has 0 bridgehead atoms. The van der Waals surface area contributed by atoms with Crippen molar-refractivity contribution in [1.82, 2.24) is 20.6 Å². The summed E-state index contributed by atoms with van der Waals surface area (Å²) in [5.41, 5.74) is 6.14. The average molecular weight is 483 g/mol. The Morgan fingerprint density at radius 1 is 1.00 bits per heavy atom. The van der Waals surface area contributed by atoms with Gasteiger partial charge in [0.25, 0.3) is 0 Å². The van der Waals surface area contributed by atoms with E-state index in [1.165, 1.54) is 5.56 Å². The van der Waals surface area contributed by atoms with Crippen molar-refractivity contribution < 1.29 is 13.2 Å². The van der Waals surface area contributed by atoms with E-state index >= 15 is 0 Å². The van der Waals surface area contributed by atoms with Gasteiger partial charge in [-0.25, -0.2) is 4.98 Å². The van der Waals surface area contributed by atoms with Crippen molar-refractivity contribution in [1.29, 1.82) is 0 Å². The number of rotatable bonds is 4. The van der Waals surface area contributed by atoms with Crippen LogP contribution in [0.3, 0.4) is 0 Å². The summed E-state index contributed by atoms with van der Waals surface area (Å²) in [6.45, 7) is 12.2. The highest BCUT2D eigenvalue weighted by molar-refractivity contribution is 5.82. The molecule has 0 amide bonds. The van der Waals surface area contributed by atoms with E-state index in [4.69, 9.17) is 0 Å². The SMILES string of the molecule is C=C1NCc2cccc(Nc3nc(Nc4cc5c(cc4C)CCNC5)ncc3C(F)(F)F)c21.CC. The Hall–Kier alpha value is -3.59. The Labute approximate surface area is 203 Å². The first kappa shape index (κ1) is 24.5. The van der Waals surface area contributed by atoms with Crippen LogP contribution < -0.4 is 21.3 Å². The molecule has 2 aliphatic rings. The largest absolute Gasteiger partial charge is 0.421 e. The highest BCUT2D eigenvalue weighted by Gasteiger charge is 2.36. The summed E-state index contributed by atoms with van der Waals surface area (Å²) in [7, 11) is 0. The molecule has 0 radical (unpaired) electrons. The molecule has 6 nitrogen and oxygen atoms in total. The van der Waals surface area contributed by atoms with Gasteiger partial charge in [0.05, 0.1) is 0 Å². The average Bonchev–Trinajstić information content (AvgIpc) is 3.22. The van der Waals surface area contributed by atoms with E-state index in [0.717, 1.165) is 53.6 Å². The number of aryl methyl sites for hydroxylation is 1. The van der Waals surface area contributed by atoms with Gasteiger partial charge in [-0.15, -0.1) is 0 Å². The molecule has 0 saturated carbocycles. The highest BCUT2D eigenvalue weighted by atomic mass is 19.4. The van der Waals surface area contributed by atoms with Crippen molar-refractivity contribution in [3.05, 3.63) is 76.5 Å². The zero-order chi connectivity index (χ0) is 25.2. The minimum absolute atomic E-state index is 0.0850. The zero-order valence-electron chi connectivity index (χ0n) is 20.0. The lowest BCUT2D eigenvalue weighted by Gasteiger charge is -2.20. The second kappa shape index (κ2) is 9.95. The molecule has 5 rings (SSSR count). The van der Waals surface area contributed by atoms with E-state index < -0.39 is 11.7 Å². The number of alkyl halides is 3. The van der Waals surface area contributed by atoms with Crippen molar-refractivity contribution in [2.24, 2.45) is 0 Å². The van der Waals surface area contributed by atoms with Crippen LogP contribution in [0.4, 0.5) is 36.3 Å². The van der Waals surface area contributed by atoms with Crippen molar-refractivity contribution in [2.45, 2.75) is 46.5 Å². The third kappa shape index (κ3) is 5.09. The molecule has 3 heterocycles. The van der Waals surface area contributed by atoms with Gasteiger partial charge >= 0.3 is 6.18 Å². The summed E-state index contributed by atoms with van der Waals surface area (Å²) < 4.78 is 41.2. The molecule has 3 aromatic rings. The number of halogens is 3. The molecule has 0 aliphatic carbocycles. The van der Waals surface area contributed by atoms with E-state index in [2.05, 4.69) is 43.9 Å². The van der Waals surface area contributed by atoms with Gasteiger partial charge in [-0.3, -0.25) is 0 Å². The Bertz CT molecular complexity index is 1250. The molecular weight excluding hydrogens is 453 g/mol. The van der Waals surface area contributed by atoms with Crippen molar-refractivity contribution in [3.8, 4) is 0 Å². The van der Waals surface area contributed by atoms with Crippen LogP contribution in [0.25, 0.3) is 5.70 Å². The van der Waals surface area contributed by atoms with Crippen LogP contribution in [-0.2, 0) is 25.7 Å². The van der Waals surface area contributed by atoms with E-state index in [9.17, 15) is 13.2 Å². The summed E-state index contributed by atoms with van der Waals surface area (Å²) in [5, 5.41) is 12.4. The zero-order valence-corrected chi connectivity index (χ0v) is 20.0. The molecule has 2 aromatic carbocycles. The molecule has 0 spiro atoms. The Morgan fingerprint density at radius 2 is 1.80 bits per heavy atom. The van der Waals surface area contributed by atoms with E-state index in [-0.39, 0.29) is 11.8 Å². The number of hydrogen-bond donors (Lipinski definition) is 4. The summed E-state index contributed by atoms with van der Waals surface area (Å²) in [6.07, 6.45) is -2.85. The standard InChI is InChI=1S/C24H23F3N6.C2H6/c1-13-8-15-6-7-28-10-17(15)9-20(13)32-23-30-12-18(24(25,26)27)22(33-23)31-19-5-3-4-16-11-29-14(2)21(16)19;1-2/h3-5,8-9,12,28-29H,2,6-7,10-11H2,1H3,(H2,30,31,32,33);1-2H3. The second-order valence-electron chi connectivity index (χ2n) is 8.24. The molecule has 4 N–H and O–H groups in total. The van der Waals surface area contributed by atoms with Crippen LogP contribution in [0.1, 0.15) is 47.2 Å². The third-order valence-electron chi connectivity index (χ3n) is 5.97. The molecule has 184 valence electrons. The third-order valence-corrected chi connectivity index (χ3v) is 5.97. The van der Waals surface area contributed by atoms with E-state index in [1.807, 2.05) is 32.9 Å². The predicted molar refractivity (Wildman–Crippen MR) is 134 cm³/mol. The predicted octanol–water partition coefficient (Wildman–Crippen LogP) is 6.04. The number of nitrogens with zero attached hydrogens (tertiary/aromatic N) is 2. The lowest BCUT2D eigenvalue weighted by Crippen LogP contribution is -2.23. The second-order valence-corrected chi connectivity index (χ2v) is 8.24. The summed E-state index contributed by atoms with van der Waals surface area (Å²) in [4.78, 5) is 8.17. The van der Waals surface area contributed by atoms with Crippen LogP contribution in [0.15, 0.2) is 43.1 Å². The van der Waals surface area contributed by atoms with Gasteiger partial charge < -0.3 is 21.3 Å². The monoisotopic (exact) mass is 482 g/mol. The Balaban J connectivity index is 0.00000141. The quantitative estimate of drug-likeness (QED) is 0.364. The molecule has 0 unspecified atom stereocenters. The number of nitrogens with one attached hydrogen (secondary N) is 4. The number of fused-ring (bicyclic) bond motifs is 2. The first-order valence-electron chi connectivity index (χ1n) is 11.7. The highest BCUT2D eigenvalue weighted by Crippen LogP contribution is 2.38. The van der Waals surface area contributed by atoms with Gasteiger partial charge in [-0.1, -0.05) is 38.6 Å². The van der Waals surface area contributed by atoms with Gasteiger partial charge in [0.2, 0.25) is 5.95 Å². The summed E-state index contributed by atoms with van der Waals surface area (Å²) in [5.74, 6) is -0.229. The minimum Gasteiger partial charge on any atom is -0.381 e. The van der Waals surface area contributed by atoms with Crippen molar-refractivity contribution >= 4 is 28.8 Å². The Morgan fingerprint density at radius 3 is 2.57 bits per heavy atom. The first-order chi connectivity index (χ1) is 16.8. The van der Waals surface area contributed by atoms with E-state index in [0.29, 0.717) is 17.9 Å². The molecular formula is C26H29F3N6. The number of aromatic nitrogens is 2. The van der Waals surface area contributed by atoms with Crippen molar-refractivity contribution in [2.75, 3.05) is 17.2 Å². The van der Waals surface area contributed by atoms with Gasteiger partial charge in [0.15, 0.2) is 0 Å². The Kier molecular flexibility index (Phi) is 6.98. The molecule has 0 saturated heterocycles. The number of benzene rings is 2. The van der Waals surface area contributed by atoms with Crippen LogP contribution >= 0.6 is 0 Å². The molecule has 2 aliphatic heterocycles. The smallest absolute Gasteiger partial charge is 0.381 e. The van der Waals surface area contributed by atoms with Crippen molar-refractivity contribution in [3.63, 3.8) is 0 Å². The molecule has 9 heteroatoms. The summed E-state index contributed by atoms with van der Waals surface area (Å²) >= 11 is 0. The van der Waals surface area contributed by atoms with Crippen LogP contribution in [0.2, 0.25) is 0 Å². The summed E-state index contributed by atoms with van der Waals surface area (Å²) in [6, 6.07) is 9.53. The topological polar surface area (TPSA) is 73.9 Å². The molecule has 0 atom stereocenters. The number of anilines is 4.